The van der Waals surface area contributed by atoms with Crippen molar-refractivity contribution in [2.24, 2.45) is 0 Å². The van der Waals surface area contributed by atoms with E-state index in [4.69, 9.17) is 9.15 Å². The summed E-state index contributed by atoms with van der Waals surface area (Å²) in [5.41, 5.74) is 1.25. The molecule has 0 spiro atoms. The molecule has 1 aliphatic rings. The third-order valence-corrected chi connectivity index (χ3v) is 3.79. The highest BCUT2D eigenvalue weighted by atomic mass is 19.3. The Labute approximate surface area is 138 Å². The van der Waals surface area contributed by atoms with Gasteiger partial charge in [-0.3, -0.25) is 4.90 Å². The van der Waals surface area contributed by atoms with Crippen LogP contribution in [0.3, 0.4) is 0 Å². The quantitative estimate of drug-likeness (QED) is 0.874. The minimum absolute atomic E-state index is 0.00671. The fourth-order valence-corrected chi connectivity index (χ4v) is 2.67. The number of nitrogens with one attached hydrogen (secondary N) is 1. The lowest BCUT2D eigenvalue weighted by Gasteiger charge is -2.23. The molecule has 1 atom stereocenters. The molecule has 6 nitrogen and oxygen atoms in total. The average molecular weight is 338 g/mol. The molecule has 1 fully saturated rings. The lowest BCUT2D eigenvalue weighted by molar-refractivity contribution is 0.0620. The molecule has 0 aliphatic carbocycles. The largest absolute Gasteiger partial charge is 0.402 e. The molecule has 0 bridgehead atoms. The van der Waals surface area contributed by atoms with Gasteiger partial charge in [-0.1, -0.05) is 35.4 Å². The van der Waals surface area contributed by atoms with Crippen molar-refractivity contribution < 1.29 is 17.9 Å². The van der Waals surface area contributed by atoms with Crippen molar-refractivity contribution in [2.45, 2.75) is 25.5 Å². The van der Waals surface area contributed by atoms with Crippen molar-refractivity contribution in [2.75, 3.05) is 31.6 Å². The second-order valence-corrected chi connectivity index (χ2v) is 5.69. The zero-order valence-corrected chi connectivity index (χ0v) is 13.2. The van der Waals surface area contributed by atoms with Crippen molar-refractivity contribution in [3.8, 4) is 0 Å². The lowest BCUT2D eigenvalue weighted by atomic mass is 10.2. The molecule has 0 radical (unpaired) electrons. The van der Waals surface area contributed by atoms with Crippen LogP contribution in [0.4, 0.5) is 14.8 Å². The van der Waals surface area contributed by atoms with Crippen LogP contribution in [-0.4, -0.2) is 47.4 Å². The van der Waals surface area contributed by atoms with Crippen LogP contribution >= 0.6 is 0 Å². The van der Waals surface area contributed by atoms with E-state index in [0.29, 0.717) is 13.2 Å². The molecule has 3 rings (SSSR count). The van der Waals surface area contributed by atoms with Gasteiger partial charge < -0.3 is 14.5 Å². The smallest absolute Gasteiger partial charge is 0.315 e. The van der Waals surface area contributed by atoms with E-state index in [9.17, 15) is 8.78 Å². The predicted octanol–water partition coefficient (Wildman–Crippen LogP) is 2.71. The molecule has 130 valence electrons. The molecule has 1 aliphatic heterocycles. The number of anilines is 1. The molecule has 24 heavy (non-hydrogen) atoms. The summed E-state index contributed by atoms with van der Waals surface area (Å²) in [6, 6.07) is 10.2. The van der Waals surface area contributed by atoms with E-state index in [2.05, 4.69) is 32.5 Å². The SMILES string of the molecule is FC(F)c1nnc(NCC2CN(Cc3ccccc3)CCCO2)o1. The summed E-state index contributed by atoms with van der Waals surface area (Å²) in [4.78, 5) is 2.33. The molecule has 8 heteroatoms. The van der Waals surface area contributed by atoms with E-state index in [0.717, 1.165) is 26.1 Å². The number of aromatic nitrogens is 2. The third-order valence-electron chi connectivity index (χ3n) is 3.79. The normalized spacial score (nSPS) is 19.4. The van der Waals surface area contributed by atoms with Crippen LogP contribution in [0.25, 0.3) is 0 Å². The molecule has 0 amide bonds. The van der Waals surface area contributed by atoms with Crippen LogP contribution in [-0.2, 0) is 11.3 Å². The summed E-state index contributed by atoms with van der Waals surface area (Å²) in [6.07, 6.45) is -1.87. The predicted molar refractivity (Wildman–Crippen MR) is 83.8 cm³/mol. The Kier molecular flexibility index (Phi) is 5.71. The Bertz CT molecular complexity index is 624. The lowest BCUT2D eigenvalue weighted by Crippen LogP contribution is -2.35. The average Bonchev–Trinajstić information content (AvgIpc) is 2.95. The fourth-order valence-electron chi connectivity index (χ4n) is 2.67. The van der Waals surface area contributed by atoms with Crippen molar-refractivity contribution in [1.29, 1.82) is 0 Å². The number of halogens is 2. The molecule has 1 aromatic carbocycles. The fraction of sp³-hybridized carbons (Fsp3) is 0.500. The second-order valence-electron chi connectivity index (χ2n) is 5.69. The van der Waals surface area contributed by atoms with Crippen LogP contribution < -0.4 is 5.32 Å². The number of rotatable bonds is 6. The maximum absolute atomic E-state index is 12.4. The van der Waals surface area contributed by atoms with Gasteiger partial charge in [0.15, 0.2) is 0 Å². The molecule has 2 aromatic rings. The van der Waals surface area contributed by atoms with Gasteiger partial charge in [0.05, 0.1) is 6.10 Å². The molecular weight excluding hydrogens is 318 g/mol. The van der Waals surface area contributed by atoms with Crippen molar-refractivity contribution in [3.05, 3.63) is 41.8 Å². The van der Waals surface area contributed by atoms with Crippen LogP contribution in [0.15, 0.2) is 34.7 Å². The highest BCUT2D eigenvalue weighted by Gasteiger charge is 2.20. The Hall–Kier alpha value is -2.06. The third kappa shape index (κ3) is 4.72. The number of nitrogens with zero attached hydrogens (tertiary/aromatic N) is 3. The second kappa shape index (κ2) is 8.16. The molecule has 0 saturated carbocycles. The van der Waals surface area contributed by atoms with E-state index >= 15 is 0 Å². The molecule has 1 N–H and O–H groups in total. The Morgan fingerprint density at radius 3 is 2.83 bits per heavy atom. The maximum atomic E-state index is 12.4. The minimum atomic E-state index is -2.76. The minimum Gasteiger partial charge on any atom is -0.402 e. The Balaban J connectivity index is 1.52. The van der Waals surface area contributed by atoms with Crippen molar-refractivity contribution in [3.63, 3.8) is 0 Å². The highest BCUT2D eigenvalue weighted by molar-refractivity contribution is 5.17. The zero-order chi connectivity index (χ0) is 16.8. The van der Waals surface area contributed by atoms with Gasteiger partial charge in [-0.25, -0.2) is 0 Å². The number of benzene rings is 1. The standard InChI is InChI=1S/C16H20F2N4O2/c17-14(18)15-20-21-16(24-15)19-9-13-11-22(7-4-8-23-13)10-12-5-2-1-3-6-12/h1-3,5-6,13-14H,4,7-11H2,(H,19,21). The Morgan fingerprint density at radius 2 is 2.08 bits per heavy atom. The van der Waals surface area contributed by atoms with E-state index < -0.39 is 12.3 Å². The van der Waals surface area contributed by atoms with Gasteiger partial charge in [0.1, 0.15) is 0 Å². The van der Waals surface area contributed by atoms with Crippen LogP contribution in [0.1, 0.15) is 24.3 Å². The molecular formula is C16H20F2N4O2. The number of alkyl halides is 2. The topological polar surface area (TPSA) is 63.4 Å². The summed E-state index contributed by atoms with van der Waals surface area (Å²) in [6.45, 7) is 3.66. The Morgan fingerprint density at radius 1 is 1.25 bits per heavy atom. The van der Waals surface area contributed by atoms with Gasteiger partial charge in [0, 0.05) is 32.8 Å². The summed E-state index contributed by atoms with van der Waals surface area (Å²) in [5.74, 6) is -0.676. The van der Waals surface area contributed by atoms with Crippen LogP contribution in [0, 0.1) is 0 Å². The van der Waals surface area contributed by atoms with E-state index in [-0.39, 0.29) is 12.1 Å². The zero-order valence-electron chi connectivity index (χ0n) is 13.2. The van der Waals surface area contributed by atoms with Crippen LogP contribution in [0.5, 0.6) is 0 Å². The van der Waals surface area contributed by atoms with Crippen molar-refractivity contribution >= 4 is 6.01 Å². The highest BCUT2D eigenvalue weighted by Crippen LogP contribution is 2.19. The van der Waals surface area contributed by atoms with E-state index in [1.165, 1.54) is 5.56 Å². The summed E-state index contributed by atoms with van der Waals surface area (Å²) in [7, 11) is 0. The number of hydrogen-bond donors (Lipinski definition) is 1. The number of ether oxygens (including phenoxy) is 1. The van der Waals surface area contributed by atoms with Gasteiger partial charge >= 0.3 is 12.4 Å². The molecule has 1 unspecified atom stereocenters. The van der Waals surface area contributed by atoms with Gasteiger partial charge in [0.25, 0.3) is 5.89 Å². The summed E-state index contributed by atoms with van der Waals surface area (Å²) >= 11 is 0. The first-order valence-electron chi connectivity index (χ1n) is 7.94. The monoisotopic (exact) mass is 338 g/mol. The van der Waals surface area contributed by atoms with Gasteiger partial charge in [-0.05, 0) is 12.0 Å². The molecule has 1 saturated heterocycles. The van der Waals surface area contributed by atoms with E-state index in [1.807, 2.05) is 18.2 Å². The van der Waals surface area contributed by atoms with E-state index in [1.54, 1.807) is 0 Å². The first-order valence-corrected chi connectivity index (χ1v) is 7.94. The van der Waals surface area contributed by atoms with Gasteiger partial charge in [0.2, 0.25) is 0 Å². The summed E-state index contributed by atoms with van der Waals surface area (Å²) < 4.78 is 35.5. The molecule has 2 heterocycles. The first kappa shape index (κ1) is 16.8. The summed E-state index contributed by atoms with van der Waals surface area (Å²) in [5, 5.41) is 9.72. The van der Waals surface area contributed by atoms with Gasteiger partial charge in [-0.2, -0.15) is 8.78 Å². The number of hydrogen-bond acceptors (Lipinski definition) is 6. The van der Waals surface area contributed by atoms with Gasteiger partial charge in [-0.15, -0.1) is 5.10 Å². The first-order chi connectivity index (χ1) is 11.7. The van der Waals surface area contributed by atoms with Crippen LogP contribution in [0.2, 0.25) is 0 Å². The molecule has 1 aromatic heterocycles. The maximum Gasteiger partial charge on any atom is 0.315 e. The van der Waals surface area contributed by atoms with Crippen molar-refractivity contribution in [1.82, 2.24) is 15.1 Å².